The van der Waals surface area contributed by atoms with Gasteiger partial charge in [0.2, 0.25) is 0 Å². The van der Waals surface area contributed by atoms with Crippen molar-refractivity contribution >= 4 is 28.3 Å². The van der Waals surface area contributed by atoms with Crippen molar-refractivity contribution in [3.05, 3.63) is 103 Å². The Labute approximate surface area is 244 Å². The summed E-state index contributed by atoms with van der Waals surface area (Å²) in [5, 5.41) is 14.4. The summed E-state index contributed by atoms with van der Waals surface area (Å²) in [4.78, 5) is 11.2. The zero-order chi connectivity index (χ0) is 28.8. The number of fused-ring (bicyclic) bond motifs is 1. The molecule has 0 aliphatic heterocycles. The first-order valence-corrected chi connectivity index (χ1v) is 14.3. The van der Waals surface area contributed by atoms with Gasteiger partial charge in [-0.1, -0.05) is 38.1 Å². The fourth-order valence-corrected chi connectivity index (χ4v) is 5.25. The number of nitrogens with zero attached hydrogens (tertiary/aromatic N) is 4. The van der Waals surface area contributed by atoms with E-state index in [-0.39, 0.29) is 18.5 Å². The van der Waals surface area contributed by atoms with Gasteiger partial charge in [0.1, 0.15) is 18.0 Å². The number of hydrogen-bond donors (Lipinski definition) is 2. The number of ether oxygens (including phenoxy) is 1. The molecule has 214 valence electrons. The van der Waals surface area contributed by atoms with Crippen molar-refractivity contribution in [1.82, 2.24) is 19.4 Å². The number of allylic oxidation sites excluding steroid dienone is 1. The Balaban J connectivity index is 1.27. The standard InChI is InChI=1S/C32H35ClFN5O2/c1-3-38(4-2)18-27(40)19-39-13-12-24(17-39)23-8-10-30-28(15-23)32(36-21-35-30)37-26-9-11-31(29(33)16-26)41-20-22-6-5-7-25(34)14-22/h5-17,21,27,29,31,40H,3-4,18-20H2,1-2H3,(H,35,36,37). The van der Waals surface area contributed by atoms with Gasteiger partial charge in [0.25, 0.3) is 0 Å². The Morgan fingerprint density at radius 2 is 1.98 bits per heavy atom. The van der Waals surface area contributed by atoms with Crippen LogP contribution in [-0.4, -0.2) is 61.8 Å². The summed E-state index contributed by atoms with van der Waals surface area (Å²) in [6, 6.07) is 14.5. The van der Waals surface area contributed by atoms with Crippen LogP contribution in [0.5, 0.6) is 0 Å². The van der Waals surface area contributed by atoms with Crippen molar-refractivity contribution in [2.45, 2.75) is 44.6 Å². The predicted molar refractivity (Wildman–Crippen MR) is 162 cm³/mol. The summed E-state index contributed by atoms with van der Waals surface area (Å²) in [7, 11) is 0. The number of rotatable bonds is 12. The fourth-order valence-electron chi connectivity index (χ4n) is 4.96. The van der Waals surface area contributed by atoms with Crippen molar-refractivity contribution in [2.75, 3.05) is 25.0 Å². The van der Waals surface area contributed by atoms with Gasteiger partial charge in [-0.25, -0.2) is 14.4 Å². The second-order valence-corrected chi connectivity index (χ2v) is 10.7. The Bertz CT molecular complexity index is 1530. The van der Waals surface area contributed by atoms with Crippen molar-refractivity contribution < 1.29 is 14.2 Å². The summed E-state index contributed by atoms with van der Waals surface area (Å²) in [6.45, 7) is 7.50. The van der Waals surface area contributed by atoms with Crippen LogP contribution in [0.4, 0.5) is 10.2 Å². The molecule has 0 radical (unpaired) electrons. The number of halogens is 2. The van der Waals surface area contributed by atoms with Crippen LogP contribution >= 0.6 is 11.6 Å². The Hall–Kier alpha value is -3.56. The van der Waals surface area contributed by atoms with E-state index in [0.717, 1.165) is 46.4 Å². The average Bonchev–Trinajstić information content (AvgIpc) is 3.44. The maximum Gasteiger partial charge on any atom is 0.141 e. The molecule has 0 amide bonds. The lowest BCUT2D eigenvalue weighted by Crippen LogP contribution is -2.34. The number of anilines is 1. The first-order valence-electron chi connectivity index (χ1n) is 13.9. The van der Waals surface area contributed by atoms with Gasteiger partial charge < -0.3 is 24.6 Å². The first-order chi connectivity index (χ1) is 19.9. The minimum absolute atomic E-state index is 0.266. The van der Waals surface area contributed by atoms with Gasteiger partial charge in [0, 0.05) is 36.6 Å². The van der Waals surface area contributed by atoms with E-state index in [2.05, 4.69) is 52.4 Å². The molecule has 1 aliphatic rings. The lowest BCUT2D eigenvalue weighted by Gasteiger charge is -2.22. The molecule has 2 N–H and O–H groups in total. The largest absolute Gasteiger partial charge is 0.390 e. The Morgan fingerprint density at radius 1 is 1.12 bits per heavy atom. The van der Waals surface area contributed by atoms with Crippen molar-refractivity contribution in [3.8, 4) is 11.1 Å². The molecule has 7 nitrogen and oxygen atoms in total. The number of benzene rings is 2. The van der Waals surface area contributed by atoms with Gasteiger partial charge in [-0.15, -0.1) is 11.6 Å². The van der Waals surface area contributed by atoms with Crippen LogP contribution in [0.25, 0.3) is 22.0 Å². The molecule has 2 aromatic carbocycles. The maximum absolute atomic E-state index is 13.5. The summed E-state index contributed by atoms with van der Waals surface area (Å²) in [6.07, 6.45) is 10.5. The molecule has 2 aromatic heterocycles. The molecule has 9 heteroatoms. The zero-order valence-corrected chi connectivity index (χ0v) is 24.0. The van der Waals surface area contributed by atoms with Gasteiger partial charge in [-0.05, 0) is 72.3 Å². The molecule has 4 aromatic rings. The van der Waals surface area contributed by atoms with Gasteiger partial charge in [0.15, 0.2) is 0 Å². The number of aromatic nitrogens is 3. The number of aliphatic hydroxyl groups is 1. The van der Waals surface area contributed by atoms with Crippen LogP contribution < -0.4 is 5.32 Å². The lowest BCUT2D eigenvalue weighted by molar-refractivity contribution is 0.0750. The molecule has 0 saturated heterocycles. The first kappa shape index (κ1) is 29.0. The minimum Gasteiger partial charge on any atom is -0.390 e. The number of nitrogens with one attached hydrogen (secondary N) is 1. The van der Waals surface area contributed by atoms with E-state index in [1.165, 1.54) is 18.5 Å². The molecule has 2 heterocycles. The molecule has 41 heavy (non-hydrogen) atoms. The van der Waals surface area contributed by atoms with Gasteiger partial charge in [-0.2, -0.15) is 0 Å². The molecular weight excluding hydrogens is 541 g/mol. The molecule has 5 rings (SSSR count). The summed E-state index contributed by atoms with van der Waals surface area (Å²) >= 11 is 6.62. The van der Waals surface area contributed by atoms with Crippen LogP contribution in [0.3, 0.4) is 0 Å². The maximum atomic E-state index is 13.5. The van der Waals surface area contributed by atoms with E-state index in [9.17, 15) is 9.50 Å². The topological polar surface area (TPSA) is 75.4 Å². The summed E-state index contributed by atoms with van der Waals surface area (Å²) < 4.78 is 21.4. The minimum atomic E-state index is -0.440. The van der Waals surface area contributed by atoms with Crippen molar-refractivity contribution in [2.24, 2.45) is 0 Å². The predicted octanol–water partition coefficient (Wildman–Crippen LogP) is 6.00. The van der Waals surface area contributed by atoms with Gasteiger partial charge >= 0.3 is 0 Å². The van der Waals surface area contributed by atoms with E-state index in [4.69, 9.17) is 16.3 Å². The lowest BCUT2D eigenvalue weighted by atomic mass is 10.1. The number of likely N-dealkylation sites (N-methyl/N-ethyl adjacent to an activating group) is 1. The van der Waals surface area contributed by atoms with E-state index < -0.39 is 11.5 Å². The molecule has 3 atom stereocenters. The molecule has 1 aliphatic carbocycles. The zero-order valence-electron chi connectivity index (χ0n) is 23.3. The molecule has 0 fully saturated rings. The number of hydrogen-bond acceptors (Lipinski definition) is 6. The van der Waals surface area contributed by atoms with Crippen molar-refractivity contribution in [1.29, 1.82) is 0 Å². The van der Waals surface area contributed by atoms with Crippen LogP contribution in [0.1, 0.15) is 19.4 Å². The second kappa shape index (κ2) is 13.4. The van der Waals surface area contributed by atoms with E-state index >= 15 is 0 Å². The Kier molecular flexibility index (Phi) is 9.46. The highest BCUT2D eigenvalue weighted by Crippen LogP contribution is 2.29. The number of alkyl halides is 1. The van der Waals surface area contributed by atoms with Gasteiger partial charge in [-0.3, -0.25) is 0 Å². The molecular formula is C32H35ClFN5O2. The van der Waals surface area contributed by atoms with Crippen LogP contribution in [-0.2, 0) is 17.9 Å². The molecule has 3 unspecified atom stereocenters. The SMILES string of the molecule is CCN(CC)CC(O)Cn1ccc(-c2ccc3ncnc(NC4=CC(Cl)C(OCc5cccc(F)c5)C=C4)c3c2)c1. The highest BCUT2D eigenvalue weighted by molar-refractivity contribution is 6.22. The fraction of sp³-hybridized carbons (Fsp3) is 0.312. The summed E-state index contributed by atoms with van der Waals surface area (Å²) in [5.74, 6) is 0.381. The number of aliphatic hydroxyl groups excluding tert-OH is 1. The third-order valence-corrected chi connectivity index (χ3v) is 7.59. The molecule has 0 spiro atoms. The van der Waals surface area contributed by atoms with Crippen molar-refractivity contribution in [3.63, 3.8) is 0 Å². The van der Waals surface area contributed by atoms with Crippen LogP contribution in [0.15, 0.2) is 91.2 Å². The normalized spacial score (nSPS) is 17.7. The molecule has 0 bridgehead atoms. The summed E-state index contributed by atoms with van der Waals surface area (Å²) in [5.41, 5.74) is 4.45. The quantitative estimate of drug-likeness (QED) is 0.202. The smallest absolute Gasteiger partial charge is 0.141 e. The van der Waals surface area contributed by atoms with E-state index in [1.807, 2.05) is 47.2 Å². The second-order valence-electron chi connectivity index (χ2n) is 10.1. The third kappa shape index (κ3) is 7.40. The Morgan fingerprint density at radius 3 is 2.76 bits per heavy atom. The highest BCUT2D eigenvalue weighted by Gasteiger charge is 2.20. The average molecular weight is 576 g/mol. The van der Waals surface area contributed by atoms with Crippen LogP contribution in [0, 0.1) is 5.82 Å². The molecule has 0 saturated carbocycles. The van der Waals surface area contributed by atoms with Crippen LogP contribution in [0.2, 0.25) is 0 Å². The van der Waals surface area contributed by atoms with E-state index in [0.29, 0.717) is 18.9 Å². The third-order valence-electron chi connectivity index (χ3n) is 7.22. The highest BCUT2D eigenvalue weighted by atomic mass is 35.5. The monoisotopic (exact) mass is 575 g/mol. The van der Waals surface area contributed by atoms with Gasteiger partial charge in [0.05, 0.1) is 29.7 Å². The van der Waals surface area contributed by atoms with E-state index in [1.54, 1.807) is 6.07 Å².